The number of rotatable bonds is 6. The Morgan fingerprint density at radius 1 is 1.32 bits per heavy atom. The van der Waals surface area contributed by atoms with Crippen LogP contribution in [0.25, 0.3) is 0 Å². The van der Waals surface area contributed by atoms with Crippen LogP contribution in [-0.2, 0) is 13.2 Å². The Balaban J connectivity index is 2.00. The third-order valence-electron chi connectivity index (χ3n) is 2.90. The maximum Gasteiger partial charge on any atom is 0.146 e. The first-order chi connectivity index (χ1) is 9.20. The number of nitrogens with one attached hydrogen (secondary N) is 1. The summed E-state index contributed by atoms with van der Waals surface area (Å²) >= 11 is 3.44. The van der Waals surface area contributed by atoms with Gasteiger partial charge in [-0.2, -0.15) is 0 Å². The van der Waals surface area contributed by atoms with Gasteiger partial charge in [-0.05, 0) is 43.3 Å². The van der Waals surface area contributed by atoms with Crippen LogP contribution in [0.1, 0.15) is 23.8 Å². The van der Waals surface area contributed by atoms with E-state index in [0.717, 1.165) is 40.2 Å². The maximum atomic E-state index is 5.81. The molecule has 0 radical (unpaired) electrons. The molecule has 1 aromatic heterocycles. The molecule has 0 saturated carbocycles. The van der Waals surface area contributed by atoms with Gasteiger partial charge in [0.25, 0.3) is 0 Å². The predicted octanol–water partition coefficient (Wildman–Crippen LogP) is 4.04. The van der Waals surface area contributed by atoms with Crippen LogP contribution in [0.2, 0.25) is 0 Å². The first kappa shape index (κ1) is 14.2. The van der Waals surface area contributed by atoms with Crippen molar-refractivity contribution in [2.75, 3.05) is 6.54 Å². The minimum absolute atomic E-state index is 0.455. The monoisotopic (exact) mass is 323 g/mol. The molecule has 1 N–H and O–H groups in total. The van der Waals surface area contributed by atoms with Crippen LogP contribution < -0.4 is 10.1 Å². The van der Waals surface area contributed by atoms with E-state index in [2.05, 4.69) is 28.2 Å². The SMILES string of the molecule is CCNCc1ccoc1COc1ccc(Br)cc1C. The molecule has 0 unspecified atom stereocenters. The summed E-state index contributed by atoms with van der Waals surface area (Å²) in [6, 6.07) is 7.96. The smallest absolute Gasteiger partial charge is 0.146 e. The van der Waals surface area contributed by atoms with E-state index in [4.69, 9.17) is 9.15 Å². The number of furan rings is 1. The number of benzene rings is 1. The van der Waals surface area contributed by atoms with E-state index in [-0.39, 0.29) is 0 Å². The first-order valence-corrected chi connectivity index (χ1v) is 7.15. The fraction of sp³-hybridized carbons (Fsp3) is 0.333. The molecule has 2 aromatic rings. The second-order valence-corrected chi connectivity index (χ2v) is 5.26. The van der Waals surface area contributed by atoms with E-state index in [0.29, 0.717) is 6.61 Å². The predicted molar refractivity (Wildman–Crippen MR) is 79.3 cm³/mol. The van der Waals surface area contributed by atoms with Crippen molar-refractivity contribution in [1.82, 2.24) is 5.32 Å². The average molecular weight is 324 g/mol. The van der Waals surface area contributed by atoms with Gasteiger partial charge in [-0.25, -0.2) is 0 Å². The van der Waals surface area contributed by atoms with E-state index in [1.807, 2.05) is 31.2 Å². The van der Waals surface area contributed by atoms with E-state index in [9.17, 15) is 0 Å². The summed E-state index contributed by atoms with van der Waals surface area (Å²) in [6.07, 6.45) is 1.71. The largest absolute Gasteiger partial charge is 0.485 e. The Morgan fingerprint density at radius 3 is 2.89 bits per heavy atom. The van der Waals surface area contributed by atoms with Crippen LogP contribution in [0, 0.1) is 6.92 Å². The fourth-order valence-electron chi connectivity index (χ4n) is 1.83. The molecule has 1 heterocycles. The Bertz CT molecular complexity index is 537. The Hall–Kier alpha value is -1.26. The van der Waals surface area contributed by atoms with Gasteiger partial charge < -0.3 is 14.5 Å². The molecule has 0 atom stereocenters. The quantitative estimate of drug-likeness (QED) is 0.871. The summed E-state index contributed by atoms with van der Waals surface area (Å²) in [5, 5.41) is 3.29. The highest BCUT2D eigenvalue weighted by molar-refractivity contribution is 9.10. The zero-order valence-electron chi connectivity index (χ0n) is 11.2. The molecule has 102 valence electrons. The number of aryl methyl sites for hydroxylation is 1. The summed E-state index contributed by atoms with van der Waals surface area (Å²) in [6.45, 7) is 6.32. The second kappa shape index (κ2) is 6.78. The number of ether oxygens (including phenoxy) is 1. The molecule has 0 aliphatic rings. The Kier molecular flexibility index (Phi) is 5.05. The van der Waals surface area contributed by atoms with Gasteiger partial charge in [-0.15, -0.1) is 0 Å². The summed E-state index contributed by atoms with van der Waals surface area (Å²) in [5.74, 6) is 1.76. The molecule has 0 aliphatic carbocycles. The molecule has 1 aromatic carbocycles. The van der Waals surface area contributed by atoms with Gasteiger partial charge in [0, 0.05) is 16.6 Å². The minimum Gasteiger partial charge on any atom is -0.485 e. The van der Waals surface area contributed by atoms with E-state index in [1.54, 1.807) is 6.26 Å². The molecule has 2 rings (SSSR count). The summed E-state index contributed by atoms with van der Waals surface area (Å²) in [7, 11) is 0. The summed E-state index contributed by atoms with van der Waals surface area (Å²) in [4.78, 5) is 0. The number of halogens is 1. The van der Waals surface area contributed by atoms with E-state index in [1.165, 1.54) is 0 Å². The van der Waals surface area contributed by atoms with Gasteiger partial charge in [-0.3, -0.25) is 0 Å². The summed E-state index contributed by atoms with van der Waals surface area (Å²) < 4.78 is 12.3. The second-order valence-electron chi connectivity index (χ2n) is 4.35. The molecule has 0 amide bonds. The van der Waals surface area contributed by atoms with Crippen LogP contribution in [0.3, 0.4) is 0 Å². The fourth-order valence-corrected chi connectivity index (χ4v) is 2.30. The third kappa shape index (κ3) is 3.85. The van der Waals surface area contributed by atoms with Crippen molar-refractivity contribution in [3.63, 3.8) is 0 Å². The van der Waals surface area contributed by atoms with Crippen LogP contribution in [-0.4, -0.2) is 6.54 Å². The molecule has 4 heteroatoms. The standard InChI is InChI=1S/C15H18BrNO2/c1-3-17-9-12-6-7-18-15(12)10-19-14-5-4-13(16)8-11(14)2/h4-8,17H,3,9-10H2,1-2H3. The Morgan fingerprint density at radius 2 is 2.16 bits per heavy atom. The molecule has 0 saturated heterocycles. The molecular weight excluding hydrogens is 306 g/mol. The van der Waals surface area contributed by atoms with Gasteiger partial charge in [0.2, 0.25) is 0 Å². The van der Waals surface area contributed by atoms with Gasteiger partial charge in [0.05, 0.1) is 6.26 Å². The topological polar surface area (TPSA) is 34.4 Å². The highest BCUT2D eigenvalue weighted by Crippen LogP contribution is 2.23. The average Bonchev–Trinajstić information content (AvgIpc) is 2.83. The van der Waals surface area contributed by atoms with Crippen LogP contribution >= 0.6 is 15.9 Å². The van der Waals surface area contributed by atoms with Crippen molar-refractivity contribution in [1.29, 1.82) is 0 Å². The van der Waals surface area contributed by atoms with Crippen molar-refractivity contribution in [3.8, 4) is 5.75 Å². The molecule has 0 spiro atoms. The number of hydrogen-bond acceptors (Lipinski definition) is 3. The van der Waals surface area contributed by atoms with Crippen molar-refractivity contribution in [2.24, 2.45) is 0 Å². The molecular formula is C15H18BrNO2. The van der Waals surface area contributed by atoms with Crippen LogP contribution in [0.4, 0.5) is 0 Å². The summed E-state index contributed by atoms with van der Waals surface area (Å²) in [5.41, 5.74) is 2.26. The van der Waals surface area contributed by atoms with Crippen molar-refractivity contribution in [3.05, 3.63) is 51.9 Å². The van der Waals surface area contributed by atoms with Crippen LogP contribution in [0.15, 0.2) is 39.4 Å². The molecule has 3 nitrogen and oxygen atoms in total. The van der Waals surface area contributed by atoms with Crippen molar-refractivity contribution in [2.45, 2.75) is 27.0 Å². The van der Waals surface area contributed by atoms with Gasteiger partial charge >= 0.3 is 0 Å². The highest BCUT2D eigenvalue weighted by atomic mass is 79.9. The minimum atomic E-state index is 0.455. The lowest BCUT2D eigenvalue weighted by Crippen LogP contribution is -2.12. The van der Waals surface area contributed by atoms with E-state index >= 15 is 0 Å². The lowest BCUT2D eigenvalue weighted by atomic mass is 10.2. The van der Waals surface area contributed by atoms with Gasteiger partial charge in [-0.1, -0.05) is 22.9 Å². The first-order valence-electron chi connectivity index (χ1n) is 6.35. The highest BCUT2D eigenvalue weighted by Gasteiger charge is 2.08. The molecule has 0 aliphatic heterocycles. The zero-order chi connectivity index (χ0) is 13.7. The van der Waals surface area contributed by atoms with Crippen molar-refractivity contribution >= 4 is 15.9 Å². The third-order valence-corrected chi connectivity index (χ3v) is 3.39. The lowest BCUT2D eigenvalue weighted by molar-refractivity contribution is 0.266. The molecule has 0 bridgehead atoms. The molecule has 0 fully saturated rings. The number of hydrogen-bond donors (Lipinski definition) is 1. The van der Waals surface area contributed by atoms with E-state index < -0.39 is 0 Å². The zero-order valence-corrected chi connectivity index (χ0v) is 12.8. The lowest BCUT2D eigenvalue weighted by Gasteiger charge is -2.09. The van der Waals surface area contributed by atoms with Gasteiger partial charge in [0.15, 0.2) is 0 Å². The maximum absolute atomic E-state index is 5.81. The van der Waals surface area contributed by atoms with Gasteiger partial charge in [0.1, 0.15) is 18.1 Å². The van der Waals surface area contributed by atoms with Crippen molar-refractivity contribution < 1.29 is 9.15 Å². The van der Waals surface area contributed by atoms with Crippen LogP contribution in [0.5, 0.6) is 5.75 Å². The molecule has 19 heavy (non-hydrogen) atoms. The Labute approximate surface area is 122 Å². The normalized spacial score (nSPS) is 10.7.